The molecule has 1 aromatic heterocycles. The van der Waals surface area contributed by atoms with Crippen LogP contribution in [0.2, 0.25) is 0 Å². The van der Waals surface area contributed by atoms with Crippen LogP contribution in [0.3, 0.4) is 0 Å². The van der Waals surface area contributed by atoms with Gasteiger partial charge in [-0.15, -0.1) is 0 Å². The second kappa shape index (κ2) is 8.11. The van der Waals surface area contributed by atoms with Crippen LogP contribution in [0, 0.1) is 0 Å². The van der Waals surface area contributed by atoms with Crippen LogP contribution in [-0.2, 0) is 6.54 Å². The van der Waals surface area contributed by atoms with Crippen molar-refractivity contribution >= 4 is 23.1 Å². The first-order valence-electron chi connectivity index (χ1n) is 7.19. The molecule has 2 amide bonds. The van der Waals surface area contributed by atoms with E-state index in [0.29, 0.717) is 16.2 Å². The molecule has 1 N–H and O–H groups in total. The van der Waals surface area contributed by atoms with Crippen molar-refractivity contribution in [2.24, 2.45) is 0 Å². The Bertz CT molecular complexity index is 705. The molecule has 0 atom stereocenters. The molecular formula is C16H17F3N2O3S. The van der Waals surface area contributed by atoms with Crippen LogP contribution in [0.15, 0.2) is 35.0 Å². The monoisotopic (exact) mass is 374 g/mol. The number of methoxy groups -OCH3 is 2. The van der Waals surface area contributed by atoms with E-state index in [9.17, 15) is 18.0 Å². The number of nitrogens with zero attached hydrogens (tertiary/aromatic N) is 1. The number of amides is 2. The Kier molecular flexibility index (Phi) is 6.13. The minimum absolute atomic E-state index is 0.152. The summed E-state index contributed by atoms with van der Waals surface area (Å²) in [7, 11) is 2.81. The molecule has 9 heteroatoms. The third-order valence-electron chi connectivity index (χ3n) is 3.26. The maximum atomic E-state index is 12.8. The number of alkyl halides is 3. The topological polar surface area (TPSA) is 50.8 Å². The Morgan fingerprint density at radius 2 is 2.00 bits per heavy atom. The van der Waals surface area contributed by atoms with Gasteiger partial charge in [0.1, 0.15) is 6.54 Å². The van der Waals surface area contributed by atoms with Crippen LogP contribution < -0.4 is 14.8 Å². The third kappa shape index (κ3) is 5.28. The van der Waals surface area contributed by atoms with Crippen molar-refractivity contribution in [3.05, 3.63) is 40.6 Å². The van der Waals surface area contributed by atoms with Gasteiger partial charge in [-0.2, -0.15) is 24.5 Å². The average Bonchev–Trinajstić information content (AvgIpc) is 3.05. The normalized spacial score (nSPS) is 11.1. The third-order valence-corrected chi connectivity index (χ3v) is 3.99. The van der Waals surface area contributed by atoms with E-state index in [1.165, 1.54) is 31.6 Å². The number of benzene rings is 1. The molecule has 0 saturated carbocycles. The number of anilines is 1. The first kappa shape index (κ1) is 18.9. The van der Waals surface area contributed by atoms with Crippen molar-refractivity contribution < 1.29 is 27.4 Å². The van der Waals surface area contributed by atoms with Crippen LogP contribution in [0.25, 0.3) is 0 Å². The molecule has 0 radical (unpaired) electrons. The lowest BCUT2D eigenvalue weighted by molar-refractivity contribution is -0.140. The summed E-state index contributed by atoms with van der Waals surface area (Å²) in [6.45, 7) is -1.51. The minimum Gasteiger partial charge on any atom is -0.493 e. The number of rotatable bonds is 6. The fraction of sp³-hybridized carbons (Fsp3) is 0.312. The van der Waals surface area contributed by atoms with E-state index < -0.39 is 18.8 Å². The summed E-state index contributed by atoms with van der Waals surface area (Å²) < 4.78 is 48.8. The van der Waals surface area contributed by atoms with Crippen molar-refractivity contribution in [1.29, 1.82) is 0 Å². The summed E-state index contributed by atoms with van der Waals surface area (Å²) in [5, 5.41) is 5.89. The van der Waals surface area contributed by atoms with Gasteiger partial charge in [-0.25, -0.2) is 4.79 Å². The highest BCUT2D eigenvalue weighted by Gasteiger charge is 2.33. The van der Waals surface area contributed by atoms with Gasteiger partial charge >= 0.3 is 12.2 Å². The number of nitrogens with one attached hydrogen (secondary N) is 1. The van der Waals surface area contributed by atoms with Gasteiger partial charge in [-0.05, 0) is 34.5 Å². The molecule has 25 heavy (non-hydrogen) atoms. The lowest BCUT2D eigenvalue weighted by atomic mass is 10.2. The first-order chi connectivity index (χ1) is 11.8. The zero-order valence-corrected chi connectivity index (χ0v) is 14.4. The largest absolute Gasteiger partial charge is 0.493 e. The Hall–Kier alpha value is -2.42. The number of para-hydroxylation sites is 1. The summed E-state index contributed by atoms with van der Waals surface area (Å²) in [5.41, 5.74) is 0.853. The van der Waals surface area contributed by atoms with Crippen molar-refractivity contribution in [3.63, 3.8) is 0 Å². The molecule has 2 aromatic rings. The quantitative estimate of drug-likeness (QED) is 0.817. The summed E-state index contributed by atoms with van der Waals surface area (Å²) in [6.07, 6.45) is -4.51. The molecule has 0 spiro atoms. The molecule has 0 aliphatic carbocycles. The second-order valence-electron chi connectivity index (χ2n) is 5.07. The number of carbonyl (C=O) groups excluding carboxylic acids is 1. The van der Waals surface area contributed by atoms with Crippen LogP contribution in [0.4, 0.5) is 23.7 Å². The Labute approximate surface area is 147 Å². The van der Waals surface area contributed by atoms with E-state index in [-0.39, 0.29) is 18.0 Å². The van der Waals surface area contributed by atoms with E-state index in [1.54, 1.807) is 29.0 Å². The van der Waals surface area contributed by atoms with Crippen LogP contribution in [0.1, 0.15) is 5.56 Å². The fourth-order valence-electron chi connectivity index (χ4n) is 2.20. The number of thiophene rings is 1. The molecule has 1 aromatic carbocycles. The van der Waals surface area contributed by atoms with Crippen molar-refractivity contribution in [2.75, 3.05) is 26.1 Å². The van der Waals surface area contributed by atoms with Crippen molar-refractivity contribution in [2.45, 2.75) is 12.7 Å². The average molecular weight is 374 g/mol. The molecule has 0 fully saturated rings. The minimum atomic E-state index is -4.51. The van der Waals surface area contributed by atoms with Crippen molar-refractivity contribution in [3.8, 4) is 11.5 Å². The lowest BCUT2D eigenvalue weighted by Crippen LogP contribution is -2.41. The summed E-state index contributed by atoms with van der Waals surface area (Å²) >= 11 is 1.35. The molecule has 5 nitrogen and oxygen atoms in total. The Morgan fingerprint density at radius 1 is 1.24 bits per heavy atom. The number of halogens is 3. The summed E-state index contributed by atoms with van der Waals surface area (Å²) in [6, 6.07) is 5.54. The maximum absolute atomic E-state index is 12.8. The number of hydrogen-bond donors (Lipinski definition) is 1. The highest BCUT2D eigenvalue weighted by Crippen LogP contribution is 2.35. The van der Waals surface area contributed by atoms with Gasteiger partial charge in [0, 0.05) is 6.54 Å². The molecule has 0 bridgehead atoms. The number of ether oxygens (including phenoxy) is 2. The molecule has 0 aliphatic rings. The second-order valence-corrected chi connectivity index (χ2v) is 5.85. The van der Waals surface area contributed by atoms with Crippen molar-refractivity contribution in [1.82, 2.24) is 4.90 Å². The highest BCUT2D eigenvalue weighted by molar-refractivity contribution is 7.07. The molecule has 0 unspecified atom stereocenters. The predicted octanol–water partition coefficient (Wildman–Crippen LogP) is 4.36. The lowest BCUT2D eigenvalue weighted by Gasteiger charge is -2.24. The van der Waals surface area contributed by atoms with Crippen LogP contribution in [-0.4, -0.2) is 37.9 Å². The number of urea groups is 1. The molecular weight excluding hydrogens is 357 g/mol. The predicted molar refractivity (Wildman–Crippen MR) is 89.3 cm³/mol. The Morgan fingerprint density at radius 3 is 2.56 bits per heavy atom. The molecule has 0 aliphatic heterocycles. The van der Waals surface area contributed by atoms with E-state index in [0.717, 1.165) is 0 Å². The van der Waals surface area contributed by atoms with Crippen LogP contribution >= 0.6 is 11.3 Å². The molecule has 2 rings (SSSR count). The first-order valence-corrected chi connectivity index (χ1v) is 8.13. The number of hydrogen-bond acceptors (Lipinski definition) is 4. The Balaban J connectivity index is 2.21. The fourth-order valence-corrected chi connectivity index (χ4v) is 2.86. The van der Waals surface area contributed by atoms with Gasteiger partial charge in [0.2, 0.25) is 0 Å². The maximum Gasteiger partial charge on any atom is 0.406 e. The zero-order chi connectivity index (χ0) is 18.4. The van der Waals surface area contributed by atoms with E-state index in [2.05, 4.69) is 5.32 Å². The van der Waals surface area contributed by atoms with Gasteiger partial charge < -0.3 is 19.7 Å². The smallest absolute Gasteiger partial charge is 0.406 e. The zero-order valence-electron chi connectivity index (χ0n) is 13.6. The standard InChI is InChI=1S/C16H17F3N2O3S/c1-23-13-5-3-4-12(14(13)24-2)20-15(22)21(10-16(17,18)19)8-11-6-7-25-9-11/h3-7,9H,8,10H2,1-2H3,(H,20,22). The van der Waals surface area contributed by atoms with Gasteiger partial charge in [0.05, 0.1) is 19.9 Å². The number of carbonyl (C=O) groups is 1. The summed E-state index contributed by atoms with van der Waals surface area (Å²) in [5.74, 6) is 0.598. The van der Waals surface area contributed by atoms with E-state index in [1.807, 2.05) is 0 Å². The van der Waals surface area contributed by atoms with Gasteiger partial charge in [0.25, 0.3) is 0 Å². The summed E-state index contributed by atoms with van der Waals surface area (Å²) in [4.78, 5) is 13.1. The van der Waals surface area contributed by atoms with Gasteiger partial charge in [0.15, 0.2) is 11.5 Å². The molecule has 0 saturated heterocycles. The van der Waals surface area contributed by atoms with E-state index >= 15 is 0 Å². The molecule has 136 valence electrons. The van der Waals surface area contributed by atoms with Crippen LogP contribution in [0.5, 0.6) is 11.5 Å². The molecule has 1 heterocycles. The van der Waals surface area contributed by atoms with Gasteiger partial charge in [-0.3, -0.25) is 0 Å². The van der Waals surface area contributed by atoms with E-state index in [4.69, 9.17) is 9.47 Å². The highest BCUT2D eigenvalue weighted by atomic mass is 32.1. The SMILES string of the molecule is COc1cccc(NC(=O)N(Cc2ccsc2)CC(F)(F)F)c1OC. The van der Waals surface area contributed by atoms with Gasteiger partial charge in [-0.1, -0.05) is 6.07 Å².